The van der Waals surface area contributed by atoms with E-state index in [0.717, 1.165) is 75.5 Å². The molecule has 0 saturated carbocycles. The molecule has 2 aliphatic heterocycles. The minimum atomic E-state index is -0.617. The SMILES string of the molecule is Cc1nn(-c2ccc(F)cc2F)c(C)c1CNCC(C1CCOC1)N1CCOCC1. The Morgan fingerprint density at radius 3 is 2.67 bits per heavy atom. The van der Waals surface area contributed by atoms with Gasteiger partial charge < -0.3 is 14.8 Å². The van der Waals surface area contributed by atoms with E-state index in [-0.39, 0.29) is 5.69 Å². The summed E-state index contributed by atoms with van der Waals surface area (Å²) in [4.78, 5) is 2.51. The molecule has 0 aliphatic carbocycles. The number of hydrogen-bond acceptors (Lipinski definition) is 5. The van der Waals surface area contributed by atoms with E-state index in [0.29, 0.717) is 18.5 Å². The summed E-state index contributed by atoms with van der Waals surface area (Å²) < 4.78 is 40.2. The molecular weight excluding hydrogens is 390 g/mol. The van der Waals surface area contributed by atoms with Crippen molar-refractivity contribution in [2.24, 2.45) is 5.92 Å². The molecule has 1 aromatic carbocycles. The zero-order chi connectivity index (χ0) is 21.1. The van der Waals surface area contributed by atoms with E-state index in [1.807, 2.05) is 13.8 Å². The lowest BCUT2D eigenvalue weighted by Crippen LogP contribution is -2.51. The van der Waals surface area contributed by atoms with Crippen molar-refractivity contribution in [3.63, 3.8) is 0 Å². The van der Waals surface area contributed by atoms with E-state index in [9.17, 15) is 8.78 Å². The molecule has 2 atom stereocenters. The molecule has 164 valence electrons. The summed E-state index contributed by atoms with van der Waals surface area (Å²) >= 11 is 0. The molecule has 4 rings (SSSR count). The fraction of sp³-hybridized carbons (Fsp3) is 0.591. The van der Waals surface area contributed by atoms with Crippen LogP contribution in [-0.2, 0) is 16.0 Å². The van der Waals surface area contributed by atoms with Crippen LogP contribution in [0.15, 0.2) is 18.2 Å². The summed E-state index contributed by atoms with van der Waals surface area (Å²) in [5, 5.41) is 8.10. The fourth-order valence-corrected chi connectivity index (χ4v) is 4.52. The molecule has 3 heterocycles. The van der Waals surface area contributed by atoms with Crippen molar-refractivity contribution in [2.45, 2.75) is 32.9 Å². The number of morpholine rings is 1. The number of nitrogens with one attached hydrogen (secondary N) is 1. The van der Waals surface area contributed by atoms with Crippen LogP contribution >= 0.6 is 0 Å². The van der Waals surface area contributed by atoms with Gasteiger partial charge in [-0.1, -0.05) is 0 Å². The Balaban J connectivity index is 1.45. The highest BCUT2D eigenvalue weighted by Crippen LogP contribution is 2.23. The normalized spacial score (nSPS) is 21.3. The lowest BCUT2D eigenvalue weighted by molar-refractivity contribution is 0.00137. The summed E-state index contributed by atoms with van der Waals surface area (Å²) in [7, 11) is 0. The van der Waals surface area contributed by atoms with Gasteiger partial charge in [0.1, 0.15) is 11.5 Å². The van der Waals surface area contributed by atoms with Gasteiger partial charge >= 0.3 is 0 Å². The quantitative estimate of drug-likeness (QED) is 0.746. The first-order valence-corrected chi connectivity index (χ1v) is 10.7. The highest BCUT2D eigenvalue weighted by Gasteiger charge is 2.31. The first-order chi connectivity index (χ1) is 14.5. The third kappa shape index (κ3) is 4.56. The molecule has 2 unspecified atom stereocenters. The van der Waals surface area contributed by atoms with Crippen LogP contribution in [0.3, 0.4) is 0 Å². The van der Waals surface area contributed by atoms with E-state index < -0.39 is 11.6 Å². The molecule has 0 radical (unpaired) electrons. The lowest BCUT2D eigenvalue weighted by Gasteiger charge is -2.37. The molecule has 2 aromatic rings. The van der Waals surface area contributed by atoms with E-state index >= 15 is 0 Å². The van der Waals surface area contributed by atoms with Gasteiger partial charge in [0, 0.05) is 62.1 Å². The van der Waals surface area contributed by atoms with Crippen molar-refractivity contribution >= 4 is 0 Å². The van der Waals surface area contributed by atoms with Gasteiger partial charge in [0.05, 0.1) is 25.5 Å². The van der Waals surface area contributed by atoms with Gasteiger partial charge in [-0.2, -0.15) is 5.10 Å². The monoisotopic (exact) mass is 420 g/mol. The van der Waals surface area contributed by atoms with Gasteiger partial charge in [0.2, 0.25) is 0 Å². The largest absolute Gasteiger partial charge is 0.381 e. The average molecular weight is 421 g/mol. The second kappa shape index (κ2) is 9.51. The maximum atomic E-state index is 14.2. The Morgan fingerprint density at radius 1 is 1.17 bits per heavy atom. The van der Waals surface area contributed by atoms with Crippen LogP contribution in [0.25, 0.3) is 5.69 Å². The highest BCUT2D eigenvalue weighted by atomic mass is 19.1. The molecule has 0 amide bonds. The predicted octanol–water partition coefficient (Wildman–Crippen LogP) is 2.59. The van der Waals surface area contributed by atoms with Crippen LogP contribution in [-0.4, -0.2) is 66.8 Å². The van der Waals surface area contributed by atoms with E-state index in [2.05, 4.69) is 15.3 Å². The number of benzene rings is 1. The summed E-state index contributed by atoms with van der Waals surface area (Å²) in [5.41, 5.74) is 3.01. The fourth-order valence-electron chi connectivity index (χ4n) is 4.52. The van der Waals surface area contributed by atoms with E-state index in [1.165, 1.54) is 12.1 Å². The highest BCUT2D eigenvalue weighted by molar-refractivity contribution is 5.38. The van der Waals surface area contributed by atoms with Crippen molar-refractivity contribution in [3.8, 4) is 5.69 Å². The third-order valence-electron chi connectivity index (χ3n) is 6.26. The number of ether oxygens (including phenoxy) is 2. The minimum Gasteiger partial charge on any atom is -0.381 e. The third-order valence-corrected chi connectivity index (χ3v) is 6.26. The summed E-state index contributed by atoms with van der Waals surface area (Å²) in [6, 6.07) is 3.97. The second-order valence-corrected chi connectivity index (χ2v) is 8.13. The Labute approximate surface area is 176 Å². The number of aromatic nitrogens is 2. The standard InChI is InChI=1S/C22H30F2N4O2/c1-15-19(16(2)28(26-15)21-4-3-18(23)11-20(21)24)12-25-13-22(17-5-8-30-14-17)27-6-9-29-10-7-27/h3-4,11,17,22,25H,5-10,12-14H2,1-2H3. The van der Waals surface area contributed by atoms with Gasteiger partial charge in [0.25, 0.3) is 0 Å². The van der Waals surface area contributed by atoms with Gasteiger partial charge in [-0.3, -0.25) is 4.90 Å². The molecule has 8 heteroatoms. The average Bonchev–Trinajstić information content (AvgIpc) is 3.35. The number of hydrogen-bond donors (Lipinski definition) is 1. The van der Waals surface area contributed by atoms with Crippen LogP contribution in [0.1, 0.15) is 23.4 Å². The molecule has 0 bridgehead atoms. The van der Waals surface area contributed by atoms with Gasteiger partial charge in [-0.15, -0.1) is 0 Å². The first kappa shape index (κ1) is 21.4. The predicted molar refractivity (Wildman–Crippen MR) is 110 cm³/mol. The zero-order valence-corrected chi connectivity index (χ0v) is 17.7. The van der Waals surface area contributed by atoms with Gasteiger partial charge in [-0.25, -0.2) is 13.5 Å². The molecule has 1 N–H and O–H groups in total. The Kier molecular flexibility index (Phi) is 6.77. The Hall–Kier alpha value is -1.87. The van der Waals surface area contributed by atoms with Crippen LogP contribution < -0.4 is 5.32 Å². The van der Waals surface area contributed by atoms with Crippen LogP contribution in [0.5, 0.6) is 0 Å². The second-order valence-electron chi connectivity index (χ2n) is 8.13. The molecule has 2 aliphatic rings. The van der Waals surface area contributed by atoms with Crippen LogP contribution in [0.4, 0.5) is 8.78 Å². The van der Waals surface area contributed by atoms with E-state index in [4.69, 9.17) is 9.47 Å². The minimum absolute atomic E-state index is 0.262. The first-order valence-electron chi connectivity index (χ1n) is 10.7. The number of rotatable bonds is 7. The lowest BCUT2D eigenvalue weighted by atomic mass is 9.96. The van der Waals surface area contributed by atoms with Crippen molar-refractivity contribution in [1.82, 2.24) is 20.0 Å². The van der Waals surface area contributed by atoms with Crippen LogP contribution in [0.2, 0.25) is 0 Å². The van der Waals surface area contributed by atoms with E-state index in [1.54, 1.807) is 4.68 Å². The van der Waals surface area contributed by atoms with Crippen molar-refractivity contribution < 1.29 is 18.3 Å². The zero-order valence-electron chi connectivity index (χ0n) is 17.7. The molecule has 2 fully saturated rings. The number of halogens is 2. The van der Waals surface area contributed by atoms with Crippen molar-refractivity contribution in [1.29, 1.82) is 0 Å². The van der Waals surface area contributed by atoms with Crippen molar-refractivity contribution in [3.05, 3.63) is 46.8 Å². The number of nitrogens with zero attached hydrogens (tertiary/aromatic N) is 3. The molecule has 1 aromatic heterocycles. The van der Waals surface area contributed by atoms with Crippen molar-refractivity contribution in [2.75, 3.05) is 46.1 Å². The molecular formula is C22H30F2N4O2. The number of aryl methyl sites for hydroxylation is 1. The maximum absolute atomic E-state index is 14.2. The smallest absolute Gasteiger partial charge is 0.151 e. The Morgan fingerprint density at radius 2 is 1.97 bits per heavy atom. The van der Waals surface area contributed by atoms with Crippen LogP contribution in [0, 0.1) is 31.4 Å². The van der Waals surface area contributed by atoms with Gasteiger partial charge in [-0.05, 0) is 32.4 Å². The molecule has 6 nitrogen and oxygen atoms in total. The molecule has 30 heavy (non-hydrogen) atoms. The molecule has 2 saturated heterocycles. The molecule has 0 spiro atoms. The maximum Gasteiger partial charge on any atom is 0.151 e. The topological polar surface area (TPSA) is 51.5 Å². The summed E-state index contributed by atoms with van der Waals surface area (Å²) in [6.45, 7) is 10.4. The van der Waals surface area contributed by atoms with Gasteiger partial charge in [0.15, 0.2) is 5.82 Å². The summed E-state index contributed by atoms with van der Waals surface area (Å²) in [5.74, 6) is -0.688. The Bertz CT molecular complexity index is 861. The summed E-state index contributed by atoms with van der Waals surface area (Å²) in [6.07, 6.45) is 1.09.